The van der Waals surface area contributed by atoms with Crippen LogP contribution in [-0.4, -0.2) is 17.8 Å². The molecule has 1 aliphatic rings. The molecule has 0 amide bonds. The number of halogens is 2. The van der Waals surface area contributed by atoms with E-state index in [-0.39, 0.29) is 0 Å². The number of nitrogens with two attached hydrogens (primary N) is 1. The van der Waals surface area contributed by atoms with E-state index >= 15 is 0 Å². The molecule has 4 N–H and O–H groups in total. The maximum Gasteiger partial charge on any atom is 0.288 e. The quantitative estimate of drug-likeness (QED) is 0.263. The normalized spacial score (nSPS) is 16.7. The standard InChI is InChI=1S/C13H18F2N4S/c14-12(15)20-11-7-5-10(6-8-11)18-13(19-16)17-9-3-1-2-4-9/h5-9,12H,1-4,16H2,(H2,17,18,19). The fraction of sp³-hybridized carbons (Fsp3) is 0.462. The van der Waals surface area contributed by atoms with E-state index in [2.05, 4.69) is 15.7 Å². The number of thioether (sulfide) groups is 1. The third-order valence-electron chi connectivity index (χ3n) is 3.12. The molecule has 1 saturated carbocycles. The second-order valence-corrected chi connectivity index (χ2v) is 5.65. The summed E-state index contributed by atoms with van der Waals surface area (Å²) in [4.78, 5) is 5.03. The predicted molar refractivity (Wildman–Crippen MR) is 78.9 cm³/mol. The molecule has 1 aromatic rings. The van der Waals surface area contributed by atoms with E-state index in [1.54, 1.807) is 24.3 Å². The van der Waals surface area contributed by atoms with Gasteiger partial charge in [-0.15, -0.1) is 0 Å². The number of rotatable bonds is 4. The molecule has 0 aliphatic heterocycles. The van der Waals surface area contributed by atoms with Crippen LogP contribution in [0.1, 0.15) is 25.7 Å². The highest BCUT2D eigenvalue weighted by Gasteiger charge is 2.14. The molecule has 110 valence electrons. The first kappa shape index (κ1) is 15.1. The number of hydrogen-bond acceptors (Lipinski definition) is 3. The van der Waals surface area contributed by atoms with E-state index in [9.17, 15) is 8.78 Å². The van der Waals surface area contributed by atoms with Crippen molar-refractivity contribution in [3.8, 4) is 0 Å². The third-order valence-corrected chi connectivity index (χ3v) is 3.84. The minimum Gasteiger partial charge on any atom is -0.325 e. The van der Waals surface area contributed by atoms with Crippen molar-refractivity contribution in [1.82, 2.24) is 5.43 Å². The van der Waals surface area contributed by atoms with E-state index in [4.69, 9.17) is 5.84 Å². The maximum absolute atomic E-state index is 12.2. The lowest BCUT2D eigenvalue weighted by Gasteiger charge is -2.12. The van der Waals surface area contributed by atoms with Crippen LogP contribution in [0.2, 0.25) is 0 Å². The Morgan fingerprint density at radius 3 is 2.45 bits per heavy atom. The topological polar surface area (TPSA) is 62.4 Å². The molecule has 0 atom stereocenters. The summed E-state index contributed by atoms with van der Waals surface area (Å²) in [6.45, 7) is 0. The summed E-state index contributed by atoms with van der Waals surface area (Å²) >= 11 is 0.526. The summed E-state index contributed by atoms with van der Waals surface area (Å²) in [6.07, 6.45) is 4.56. The Kier molecular flexibility index (Phi) is 5.60. The Morgan fingerprint density at radius 1 is 1.25 bits per heavy atom. The molecular formula is C13H18F2N4S. The molecule has 0 unspecified atom stereocenters. The lowest BCUT2D eigenvalue weighted by atomic mass is 10.3. The number of guanidine groups is 1. The van der Waals surface area contributed by atoms with Crippen LogP contribution < -0.4 is 16.6 Å². The Bertz CT molecular complexity index is 444. The SMILES string of the molecule is NNC(=NC1CCCC1)Nc1ccc(SC(F)F)cc1. The van der Waals surface area contributed by atoms with Crippen molar-refractivity contribution in [3.63, 3.8) is 0 Å². The lowest BCUT2D eigenvalue weighted by molar-refractivity contribution is 0.252. The molecule has 7 heteroatoms. The summed E-state index contributed by atoms with van der Waals surface area (Å²) in [6, 6.07) is 7.05. The summed E-state index contributed by atoms with van der Waals surface area (Å²) in [5, 5.41) is 3.05. The monoisotopic (exact) mass is 300 g/mol. The molecular weight excluding hydrogens is 282 g/mol. The smallest absolute Gasteiger partial charge is 0.288 e. The van der Waals surface area contributed by atoms with Crippen LogP contribution >= 0.6 is 11.8 Å². The van der Waals surface area contributed by atoms with Crippen molar-refractivity contribution < 1.29 is 8.78 Å². The van der Waals surface area contributed by atoms with Gasteiger partial charge in [-0.2, -0.15) is 8.78 Å². The van der Waals surface area contributed by atoms with E-state index in [1.165, 1.54) is 12.8 Å². The Hall–Kier alpha value is -1.34. The Morgan fingerprint density at radius 2 is 1.90 bits per heavy atom. The van der Waals surface area contributed by atoms with Crippen molar-refractivity contribution in [2.45, 2.75) is 42.4 Å². The minimum atomic E-state index is -2.40. The molecule has 0 heterocycles. The fourth-order valence-corrected chi connectivity index (χ4v) is 2.68. The van der Waals surface area contributed by atoms with Crippen LogP contribution in [0.5, 0.6) is 0 Å². The highest BCUT2D eigenvalue weighted by molar-refractivity contribution is 7.99. The largest absolute Gasteiger partial charge is 0.325 e. The van der Waals surface area contributed by atoms with Crippen molar-refractivity contribution >= 4 is 23.4 Å². The highest BCUT2D eigenvalue weighted by atomic mass is 32.2. The van der Waals surface area contributed by atoms with Gasteiger partial charge in [0.1, 0.15) is 0 Å². The Labute approximate surface area is 121 Å². The second-order valence-electron chi connectivity index (χ2n) is 4.59. The maximum atomic E-state index is 12.2. The minimum absolute atomic E-state index is 0.308. The second kappa shape index (κ2) is 7.44. The van der Waals surface area contributed by atoms with Crippen LogP contribution in [0.15, 0.2) is 34.2 Å². The van der Waals surface area contributed by atoms with Gasteiger partial charge in [-0.3, -0.25) is 5.43 Å². The van der Waals surface area contributed by atoms with E-state index < -0.39 is 5.76 Å². The van der Waals surface area contributed by atoms with E-state index in [0.29, 0.717) is 28.7 Å². The summed E-state index contributed by atoms with van der Waals surface area (Å²) < 4.78 is 24.4. The first-order valence-corrected chi connectivity index (χ1v) is 7.41. The molecule has 0 radical (unpaired) electrons. The van der Waals surface area contributed by atoms with Gasteiger partial charge in [0, 0.05) is 10.6 Å². The number of benzene rings is 1. The number of hydrogen-bond donors (Lipinski definition) is 3. The van der Waals surface area contributed by atoms with Gasteiger partial charge in [-0.25, -0.2) is 10.8 Å². The predicted octanol–water partition coefficient (Wildman–Crippen LogP) is 3.18. The van der Waals surface area contributed by atoms with Crippen LogP contribution in [0.3, 0.4) is 0 Å². The number of nitrogens with zero attached hydrogens (tertiary/aromatic N) is 1. The van der Waals surface area contributed by atoms with Gasteiger partial charge >= 0.3 is 0 Å². The van der Waals surface area contributed by atoms with E-state index in [0.717, 1.165) is 18.5 Å². The zero-order valence-electron chi connectivity index (χ0n) is 11.0. The van der Waals surface area contributed by atoms with Gasteiger partial charge in [0.2, 0.25) is 5.96 Å². The molecule has 20 heavy (non-hydrogen) atoms. The molecule has 1 fully saturated rings. The molecule has 1 aromatic carbocycles. The number of hydrazine groups is 1. The first-order valence-electron chi connectivity index (χ1n) is 6.53. The Balaban J connectivity index is 1.96. The van der Waals surface area contributed by atoms with E-state index in [1.807, 2.05) is 0 Å². The summed E-state index contributed by atoms with van der Waals surface area (Å²) in [5.74, 6) is 3.55. The average molecular weight is 300 g/mol. The molecule has 2 rings (SSSR count). The highest BCUT2D eigenvalue weighted by Crippen LogP contribution is 2.26. The summed E-state index contributed by atoms with van der Waals surface area (Å²) in [5.41, 5.74) is 3.30. The van der Waals surface area contributed by atoms with Crippen molar-refractivity contribution in [1.29, 1.82) is 0 Å². The zero-order chi connectivity index (χ0) is 14.4. The summed E-state index contributed by atoms with van der Waals surface area (Å²) in [7, 11) is 0. The fourth-order valence-electron chi connectivity index (χ4n) is 2.18. The molecule has 4 nitrogen and oxygen atoms in total. The van der Waals surface area contributed by atoms with Crippen LogP contribution in [-0.2, 0) is 0 Å². The van der Waals surface area contributed by atoms with Gasteiger partial charge in [0.15, 0.2) is 0 Å². The van der Waals surface area contributed by atoms with Crippen LogP contribution in [0.4, 0.5) is 14.5 Å². The van der Waals surface area contributed by atoms with Gasteiger partial charge < -0.3 is 5.32 Å². The van der Waals surface area contributed by atoms with Crippen LogP contribution in [0.25, 0.3) is 0 Å². The molecule has 0 bridgehead atoms. The van der Waals surface area contributed by atoms with Crippen molar-refractivity contribution in [3.05, 3.63) is 24.3 Å². The number of alkyl halides is 2. The lowest BCUT2D eigenvalue weighted by Crippen LogP contribution is -2.37. The van der Waals surface area contributed by atoms with Crippen molar-refractivity contribution in [2.75, 3.05) is 5.32 Å². The number of aliphatic imine (C=N–C) groups is 1. The van der Waals surface area contributed by atoms with Gasteiger partial charge in [-0.1, -0.05) is 24.6 Å². The van der Waals surface area contributed by atoms with Crippen molar-refractivity contribution in [2.24, 2.45) is 10.8 Å². The number of nitrogens with one attached hydrogen (secondary N) is 2. The van der Waals surface area contributed by atoms with Gasteiger partial charge in [0.25, 0.3) is 5.76 Å². The van der Waals surface area contributed by atoms with Gasteiger partial charge in [0.05, 0.1) is 6.04 Å². The molecule has 0 aromatic heterocycles. The molecule has 0 spiro atoms. The third kappa shape index (κ3) is 4.64. The van der Waals surface area contributed by atoms with Crippen LogP contribution in [0, 0.1) is 0 Å². The first-order chi connectivity index (χ1) is 9.67. The molecule has 1 aliphatic carbocycles. The van der Waals surface area contributed by atoms with Gasteiger partial charge in [-0.05, 0) is 37.1 Å². The zero-order valence-corrected chi connectivity index (χ0v) is 11.8. The average Bonchev–Trinajstić information content (AvgIpc) is 2.92. The number of anilines is 1. The molecule has 0 saturated heterocycles.